The van der Waals surface area contributed by atoms with E-state index >= 15 is 4.39 Å². The molecular weight excluding hydrogens is 431 g/mol. The maximum Gasteiger partial charge on any atom is 0.255 e. The van der Waals surface area contributed by atoms with Crippen molar-refractivity contribution in [1.82, 2.24) is 20.1 Å². The predicted molar refractivity (Wildman–Crippen MR) is 130 cm³/mol. The highest BCUT2D eigenvalue weighted by atomic mass is 19.1. The molecule has 0 radical (unpaired) electrons. The number of amides is 1. The molecule has 34 heavy (non-hydrogen) atoms. The quantitative estimate of drug-likeness (QED) is 0.703. The van der Waals surface area contributed by atoms with Crippen LogP contribution >= 0.6 is 0 Å². The summed E-state index contributed by atoms with van der Waals surface area (Å²) in [5.74, 6) is -0.152. The van der Waals surface area contributed by atoms with Gasteiger partial charge in [0.05, 0.1) is 17.3 Å². The summed E-state index contributed by atoms with van der Waals surface area (Å²) < 4.78 is 15.9. The number of carbonyl (C=O) groups is 1. The number of fused-ring (bicyclic) bond motifs is 1. The zero-order valence-electron chi connectivity index (χ0n) is 20.4. The molecule has 1 amide bonds. The van der Waals surface area contributed by atoms with Crippen LogP contribution in [0.1, 0.15) is 67.6 Å². The van der Waals surface area contributed by atoms with Gasteiger partial charge >= 0.3 is 0 Å². The van der Waals surface area contributed by atoms with E-state index in [0.717, 1.165) is 57.5 Å². The fourth-order valence-corrected chi connectivity index (χ4v) is 5.92. The Labute approximate surface area is 201 Å². The standard InChI is InChI=1S/C27H35FN4O2/c1-17-24-22(26(33)32(17)20-5-4-10-29-14-20)7-6-21(25(24)28)23-13-18(8-11-30-23)15-31-12-9-19(16-31)27(2,3)34/h6-8,11,13,17,19-20,29,34H,4-5,9-10,12,14-16H2,1-3H3. The summed E-state index contributed by atoms with van der Waals surface area (Å²) in [5, 5.41) is 13.7. The first-order valence-corrected chi connectivity index (χ1v) is 12.5. The van der Waals surface area contributed by atoms with E-state index in [0.29, 0.717) is 22.4 Å². The number of aliphatic hydroxyl groups is 1. The van der Waals surface area contributed by atoms with Crippen molar-refractivity contribution >= 4 is 5.91 Å². The predicted octanol–water partition coefficient (Wildman–Crippen LogP) is 3.75. The number of hydrogen-bond donors (Lipinski definition) is 2. The number of likely N-dealkylation sites (tertiary alicyclic amines) is 1. The fraction of sp³-hybridized carbons (Fsp3) is 0.556. The largest absolute Gasteiger partial charge is 0.390 e. The molecule has 2 fully saturated rings. The van der Waals surface area contributed by atoms with Crippen LogP contribution in [0.4, 0.5) is 4.39 Å². The minimum Gasteiger partial charge on any atom is -0.390 e. The SMILES string of the molecule is CC1c2c(ccc(-c3cc(CN4CCC(C(C)(C)O)C4)ccn3)c2F)C(=O)N1C1CCCNC1. The minimum absolute atomic E-state index is 0.0706. The Morgan fingerprint density at radius 1 is 1.24 bits per heavy atom. The van der Waals surface area contributed by atoms with Crippen molar-refractivity contribution in [1.29, 1.82) is 0 Å². The molecule has 0 bridgehead atoms. The van der Waals surface area contributed by atoms with E-state index in [9.17, 15) is 9.90 Å². The topological polar surface area (TPSA) is 68.7 Å². The Kier molecular flexibility index (Phi) is 6.21. The third-order valence-corrected chi connectivity index (χ3v) is 7.92. The van der Waals surface area contributed by atoms with Gasteiger partial charge in [-0.15, -0.1) is 0 Å². The third kappa shape index (κ3) is 4.25. The van der Waals surface area contributed by atoms with Crippen molar-refractivity contribution in [2.24, 2.45) is 5.92 Å². The molecule has 4 heterocycles. The monoisotopic (exact) mass is 466 g/mol. The Morgan fingerprint density at radius 3 is 2.74 bits per heavy atom. The van der Waals surface area contributed by atoms with Gasteiger partial charge in [0.2, 0.25) is 0 Å². The van der Waals surface area contributed by atoms with Crippen molar-refractivity contribution in [2.45, 2.75) is 64.3 Å². The number of nitrogens with one attached hydrogen (secondary N) is 1. The summed E-state index contributed by atoms with van der Waals surface area (Å²) in [4.78, 5) is 21.8. The normalized spacial score (nSPS) is 25.7. The number of halogens is 1. The van der Waals surface area contributed by atoms with Crippen LogP contribution in [-0.4, -0.2) is 63.6 Å². The van der Waals surface area contributed by atoms with Crippen molar-refractivity contribution in [2.75, 3.05) is 26.2 Å². The maximum atomic E-state index is 15.9. The molecule has 0 spiro atoms. The van der Waals surface area contributed by atoms with Crippen molar-refractivity contribution < 1.29 is 14.3 Å². The number of benzene rings is 1. The number of hydrogen-bond acceptors (Lipinski definition) is 5. The van der Waals surface area contributed by atoms with Gasteiger partial charge < -0.3 is 15.3 Å². The number of carbonyl (C=O) groups excluding carboxylic acids is 1. The van der Waals surface area contributed by atoms with Gasteiger partial charge in [-0.1, -0.05) is 0 Å². The van der Waals surface area contributed by atoms with Crippen LogP contribution in [0.5, 0.6) is 0 Å². The van der Waals surface area contributed by atoms with E-state index in [1.807, 2.05) is 37.8 Å². The summed E-state index contributed by atoms with van der Waals surface area (Å²) in [6.45, 7) is 9.93. The van der Waals surface area contributed by atoms with E-state index < -0.39 is 5.60 Å². The second-order valence-corrected chi connectivity index (χ2v) is 10.7. The molecule has 2 N–H and O–H groups in total. The van der Waals surface area contributed by atoms with Gasteiger partial charge in [0.1, 0.15) is 5.82 Å². The van der Waals surface area contributed by atoms with Gasteiger partial charge in [0.25, 0.3) is 5.91 Å². The molecule has 3 atom stereocenters. The second kappa shape index (κ2) is 9.02. The summed E-state index contributed by atoms with van der Waals surface area (Å²) >= 11 is 0. The summed E-state index contributed by atoms with van der Waals surface area (Å²) in [6, 6.07) is 7.20. The number of aromatic nitrogens is 1. The number of nitrogens with zero attached hydrogens (tertiary/aromatic N) is 3. The first-order valence-electron chi connectivity index (χ1n) is 12.5. The summed E-state index contributed by atoms with van der Waals surface area (Å²) in [7, 11) is 0. The molecule has 3 aliphatic heterocycles. The number of pyridine rings is 1. The van der Waals surface area contributed by atoms with Crippen LogP contribution < -0.4 is 5.32 Å². The molecule has 0 saturated carbocycles. The zero-order chi connectivity index (χ0) is 24.0. The van der Waals surface area contributed by atoms with Crippen molar-refractivity contribution in [3.63, 3.8) is 0 Å². The summed E-state index contributed by atoms with van der Waals surface area (Å²) in [5.41, 5.74) is 2.40. The molecule has 2 saturated heterocycles. The smallest absolute Gasteiger partial charge is 0.255 e. The number of piperidine rings is 1. The fourth-order valence-electron chi connectivity index (χ4n) is 5.92. The molecule has 3 unspecified atom stereocenters. The lowest BCUT2D eigenvalue weighted by atomic mass is 9.90. The van der Waals surface area contributed by atoms with Crippen LogP contribution in [0.3, 0.4) is 0 Å². The molecule has 7 heteroatoms. The van der Waals surface area contributed by atoms with Crippen LogP contribution in [0, 0.1) is 11.7 Å². The summed E-state index contributed by atoms with van der Waals surface area (Å²) in [6.07, 6.45) is 4.67. The number of rotatable bonds is 5. The van der Waals surface area contributed by atoms with Crippen LogP contribution in [0.2, 0.25) is 0 Å². The average Bonchev–Trinajstić information content (AvgIpc) is 3.38. The van der Waals surface area contributed by atoms with E-state index in [1.54, 1.807) is 18.3 Å². The Hall–Kier alpha value is -2.35. The Balaban J connectivity index is 1.38. The maximum absolute atomic E-state index is 15.9. The van der Waals surface area contributed by atoms with Gasteiger partial charge in [-0.25, -0.2) is 4.39 Å². The van der Waals surface area contributed by atoms with Crippen molar-refractivity contribution in [3.8, 4) is 11.3 Å². The minimum atomic E-state index is -0.679. The van der Waals surface area contributed by atoms with Gasteiger partial charge in [0.15, 0.2) is 0 Å². The van der Waals surface area contributed by atoms with Crippen LogP contribution in [-0.2, 0) is 6.54 Å². The Bertz CT molecular complexity index is 1080. The lowest BCUT2D eigenvalue weighted by molar-refractivity contribution is 0.0207. The molecule has 2 aromatic rings. The first-order chi connectivity index (χ1) is 16.2. The van der Waals surface area contributed by atoms with Gasteiger partial charge in [-0.2, -0.15) is 0 Å². The highest BCUT2D eigenvalue weighted by molar-refractivity contribution is 6.00. The molecule has 3 aliphatic rings. The molecule has 6 nitrogen and oxygen atoms in total. The van der Waals surface area contributed by atoms with Crippen molar-refractivity contribution in [3.05, 3.63) is 53.0 Å². The highest BCUT2D eigenvalue weighted by Gasteiger charge is 2.41. The lowest BCUT2D eigenvalue weighted by Crippen LogP contribution is -2.47. The van der Waals surface area contributed by atoms with Gasteiger partial charge in [-0.05, 0) is 83.0 Å². The van der Waals surface area contributed by atoms with E-state index in [-0.39, 0.29) is 29.7 Å². The zero-order valence-corrected chi connectivity index (χ0v) is 20.4. The van der Waals surface area contributed by atoms with E-state index in [2.05, 4.69) is 15.2 Å². The van der Waals surface area contributed by atoms with E-state index in [4.69, 9.17) is 0 Å². The van der Waals surface area contributed by atoms with Crippen LogP contribution in [0.25, 0.3) is 11.3 Å². The van der Waals surface area contributed by atoms with Crippen LogP contribution in [0.15, 0.2) is 30.5 Å². The molecular formula is C27H35FN4O2. The van der Waals surface area contributed by atoms with E-state index in [1.165, 1.54) is 0 Å². The first kappa shape index (κ1) is 23.4. The molecule has 5 rings (SSSR count). The average molecular weight is 467 g/mol. The van der Waals surface area contributed by atoms with Gasteiger partial charge in [0, 0.05) is 54.5 Å². The molecule has 1 aromatic carbocycles. The van der Waals surface area contributed by atoms with Gasteiger partial charge in [-0.3, -0.25) is 14.7 Å². The molecule has 1 aromatic heterocycles. The highest BCUT2D eigenvalue weighted by Crippen LogP contribution is 2.40. The second-order valence-electron chi connectivity index (χ2n) is 10.7. The third-order valence-electron chi connectivity index (χ3n) is 7.92. The molecule has 182 valence electrons. The Morgan fingerprint density at radius 2 is 2.03 bits per heavy atom. The lowest BCUT2D eigenvalue weighted by Gasteiger charge is -2.34. The molecule has 0 aliphatic carbocycles.